The van der Waals surface area contributed by atoms with Crippen molar-refractivity contribution in [1.29, 1.82) is 0 Å². The molecule has 3 N–H and O–H groups in total. The number of aliphatic imine (C=N–C) groups is 1. The molecule has 0 saturated carbocycles. The van der Waals surface area contributed by atoms with Gasteiger partial charge in [-0.25, -0.2) is 10.8 Å². The summed E-state index contributed by atoms with van der Waals surface area (Å²) in [6.45, 7) is 0. The standard InChI is InChI=1S/C15H15N3O/c16-18-15(17-12-7-2-1-3-8-12)14-10-11-6-4-5-9-13(11)19-14/h1-9,14H,10,16H2,(H,17,18). The molecule has 0 saturated heterocycles. The summed E-state index contributed by atoms with van der Waals surface area (Å²) in [5.74, 6) is 7.12. The normalized spacial score (nSPS) is 17.7. The van der Waals surface area contributed by atoms with Gasteiger partial charge < -0.3 is 10.2 Å². The zero-order chi connectivity index (χ0) is 13.1. The Balaban J connectivity index is 1.84. The first-order valence-electron chi connectivity index (χ1n) is 6.21. The van der Waals surface area contributed by atoms with Crippen LogP contribution in [0.2, 0.25) is 0 Å². The van der Waals surface area contributed by atoms with Crippen molar-refractivity contribution in [2.75, 3.05) is 0 Å². The van der Waals surface area contributed by atoms with E-state index in [0.717, 1.165) is 17.9 Å². The third-order valence-corrected chi connectivity index (χ3v) is 3.11. The highest BCUT2D eigenvalue weighted by atomic mass is 16.5. The number of nitrogens with zero attached hydrogens (tertiary/aromatic N) is 1. The van der Waals surface area contributed by atoms with Gasteiger partial charge in [0.15, 0.2) is 11.9 Å². The number of rotatable bonds is 2. The van der Waals surface area contributed by atoms with Gasteiger partial charge in [-0.15, -0.1) is 0 Å². The predicted molar refractivity (Wildman–Crippen MR) is 75.4 cm³/mol. The largest absolute Gasteiger partial charge is 0.482 e. The van der Waals surface area contributed by atoms with Crippen molar-refractivity contribution in [3.63, 3.8) is 0 Å². The van der Waals surface area contributed by atoms with Crippen molar-refractivity contribution in [3.05, 3.63) is 60.2 Å². The Morgan fingerprint density at radius 3 is 2.58 bits per heavy atom. The van der Waals surface area contributed by atoms with Gasteiger partial charge >= 0.3 is 0 Å². The molecule has 0 radical (unpaired) electrons. The summed E-state index contributed by atoms with van der Waals surface area (Å²) in [7, 11) is 0. The van der Waals surface area contributed by atoms with Crippen LogP contribution in [0.4, 0.5) is 5.69 Å². The molecule has 1 unspecified atom stereocenters. The number of nitrogens with two attached hydrogens (primary N) is 1. The van der Waals surface area contributed by atoms with Crippen molar-refractivity contribution < 1.29 is 4.74 Å². The molecule has 4 nitrogen and oxygen atoms in total. The minimum Gasteiger partial charge on any atom is -0.482 e. The second-order valence-corrected chi connectivity index (χ2v) is 4.40. The number of nitrogens with one attached hydrogen (secondary N) is 1. The molecule has 1 heterocycles. The van der Waals surface area contributed by atoms with E-state index >= 15 is 0 Å². The molecule has 0 bridgehead atoms. The van der Waals surface area contributed by atoms with Crippen LogP contribution in [0.25, 0.3) is 0 Å². The number of amidine groups is 1. The second-order valence-electron chi connectivity index (χ2n) is 4.40. The van der Waals surface area contributed by atoms with Crippen molar-refractivity contribution in [3.8, 4) is 5.75 Å². The number of fused-ring (bicyclic) bond motifs is 1. The lowest BCUT2D eigenvalue weighted by atomic mass is 10.1. The summed E-state index contributed by atoms with van der Waals surface area (Å²) in [5.41, 5.74) is 4.69. The maximum absolute atomic E-state index is 5.86. The van der Waals surface area contributed by atoms with Crippen molar-refractivity contribution in [1.82, 2.24) is 5.43 Å². The Hall–Kier alpha value is -2.33. The lowest BCUT2D eigenvalue weighted by molar-refractivity contribution is 0.296. The number of ether oxygens (including phenoxy) is 1. The minimum absolute atomic E-state index is 0.150. The Morgan fingerprint density at radius 1 is 1.11 bits per heavy atom. The molecular weight excluding hydrogens is 238 g/mol. The molecule has 1 atom stereocenters. The van der Waals surface area contributed by atoms with Gasteiger partial charge in [-0.2, -0.15) is 0 Å². The van der Waals surface area contributed by atoms with Crippen LogP contribution in [0, 0.1) is 0 Å². The SMILES string of the molecule is NNC(=Nc1ccccc1)C1Cc2ccccc2O1. The number of hydrazine groups is 1. The van der Waals surface area contributed by atoms with E-state index in [9.17, 15) is 0 Å². The number of hydrogen-bond donors (Lipinski definition) is 2. The monoisotopic (exact) mass is 253 g/mol. The molecule has 0 fully saturated rings. The van der Waals surface area contributed by atoms with Gasteiger partial charge in [0.2, 0.25) is 0 Å². The first kappa shape index (κ1) is 11.7. The number of hydrogen-bond acceptors (Lipinski definition) is 3. The highest BCUT2D eigenvalue weighted by molar-refractivity contribution is 5.89. The summed E-state index contributed by atoms with van der Waals surface area (Å²) in [5, 5.41) is 0. The van der Waals surface area contributed by atoms with Gasteiger partial charge in [0.1, 0.15) is 5.75 Å². The lowest BCUT2D eigenvalue weighted by Crippen LogP contribution is -2.41. The molecule has 96 valence electrons. The van der Waals surface area contributed by atoms with E-state index in [0.29, 0.717) is 5.84 Å². The highest BCUT2D eigenvalue weighted by Crippen LogP contribution is 2.28. The third-order valence-electron chi connectivity index (χ3n) is 3.11. The Morgan fingerprint density at radius 2 is 1.84 bits per heavy atom. The fourth-order valence-electron chi connectivity index (χ4n) is 2.17. The lowest BCUT2D eigenvalue weighted by Gasteiger charge is -2.13. The molecule has 19 heavy (non-hydrogen) atoms. The quantitative estimate of drug-likeness (QED) is 0.373. The smallest absolute Gasteiger partial charge is 0.161 e. The number of benzene rings is 2. The maximum Gasteiger partial charge on any atom is 0.161 e. The van der Waals surface area contributed by atoms with Crippen LogP contribution < -0.4 is 16.0 Å². The van der Waals surface area contributed by atoms with Crippen LogP contribution in [0.5, 0.6) is 5.75 Å². The minimum atomic E-state index is -0.150. The summed E-state index contributed by atoms with van der Waals surface area (Å²) in [6.07, 6.45) is 0.633. The molecule has 0 aromatic heterocycles. The fraction of sp³-hybridized carbons (Fsp3) is 0.133. The first-order chi connectivity index (χ1) is 9.36. The molecule has 0 amide bonds. The van der Waals surface area contributed by atoms with Crippen LogP contribution in [0.3, 0.4) is 0 Å². The third kappa shape index (κ3) is 2.44. The van der Waals surface area contributed by atoms with E-state index < -0.39 is 0 Å². The van der Waals surface area contributed by atoms with Crippen LogP contribution in [-0.4, -0.2) is 11.9 Å². The van der Waals surface area contributed by atoms with E-state index in [1.54, 1.807) is 0 Å². The van der Waals surface area contributed by atoms with Gasteiger partial charge in [0, 0.05) is 6.42 Å². The van der Waals surface area contributed by atoms with Crippen LogP contribution in [0.15, 0.2) is 59.6 Å². The van der Waals surface area contributed by atoms with Crippen molar-refractivity contribution >= 4 is 11.5 Å². The Bertz CT molecular complexity index is 570. The first-order valence-corrected chi connectivity index (χ1v) is 6.21. The average molecular weight is 253 g/mol. The number of para-hydroxylation sites is 2. The van der Waals surface area contributed by atoms with Gasteiger partial charge in [-0.05, 0) is 23.8 Å². The van der Waals surface area contributed by atoms with Gasteiger partial charge in [0.25, 0.3) is 0 Å². The molecule has 2 aromatic carbocycles. The van der Waals surface area contributed by atoms with E-state index in [2.05, 4.69) is 16.5 Å². The molecule has 2 aromatic rings. The van der Waals surface area contributed by atoms with Crippen molar-refractivity contribution in [2.45, 2.75) is 12.5 Å². The van der Waals surface area contributed by atoms with E-state index in [-0.39, 0.29) is 6.10 Å². The second kappa shape index (κ2) is 5.12. The predicted octanol–water partition coefficient (Wildman–Crippen LogP) is 2.18. The van der Waals surface area contributed by atoms with Crippen LogP contribution in [0.1, 0.15) is 5.56 Å². The fourth-order valence-corrected chi connectivity index (χ4v) is 2.17. The van der Waals surface area contributed by atoms with Gasteiger partial charge in [0.05, 0.1) is 5.69 Å². The summed E-state index contributed by atoms with van der Waals surface area (Å²) >= 11 is 0. The van der Waals surface area contributed by atoms with E-state index in [4.69, 9.17) is 10.6 Å². The van der Waals surface area contributed by atoms with Crippen LogP contribution in [-0.2, 0) is 6.42 Å². The molecule has 1 aliphatic rings. The Kier molecular flexibility index (Phi) is 3.16. The highest BCUT2D eigenvalue weighted by Gasteiger charge is 2.26. The summed E-state index contributed by atoms with van der Waals surface area (Å²) in [4.78, 5) is 4.50. The van der Waals surface area contributed by atoms with Crippen molar-refractivity contribution in [2.24, 2.45) is 10.8 Å². The maximum atomic E-state index is 5.86. The summed E-state index contributed by atoms with van der Waals surface area (Å²) in [6, 6.07) is 17.7. The van der Waals surface area contributed by atoms with Gasteiger partial charge in [-0.3, -0.25) is 0 Å². The summed E-state index contributed by atoms with van der Waals surface area (Å²) < 4.78 is 5.86. The van der Waals surface area contributed by atoms with Crippen LogP contribution >= 0.6 is 0 Å². The topological polar surface area (TPSA) is 59.6 Å². The molecule has 4 heteroatoms. The molecule has 0 spiro atoms. The Labute approximate surface area is 111 Å². The molecule has 3 rings (SSSR count). The molecular formula is C15H15N3O. The zero-order valence-electron chi connectivity index (χ0n) is 10.4. The molecule has 1 aliphatic heterocycles. The van der Waals surface area contributed by atoms with Gasteiger partial charge in [-0.1, -0.05) is 36.4 Å². The average Bonchev–Trinajstić information content (AvgIpc) is 2.89. The van der Waals surface area contributed by atoms with E-state index in [1.165, 1.54) is 5.56 Å². The van der Waals surface area contributed by atoms with E-state index in [1.807, 2.05) is 48.5 Å². The zero-order valence-corrected chi connectivity index (χ0v) is 10.4. The molecule has 0 aliphatic carbocycles.